The number of hydrogen-bond acceptors (Lipinski definition) is 5. The standard InChI is InChI=1S/C17H21N3O4S/c1-14-5-7-16(8-6-14)25(23,24)20(13-10-17(21)19-22)12-9-15-4-2-3-11-18-15/h2-8,11,22H,9-10,12-13H2,1H3,(H,19,21). The minimum Gasteiger partial charge on any atom is -0.289 e. The number of aryl methyl sites for hydroxylation is 1. The van der Waals surface area contributed by atoms with Gasteiger partial charge in [0.2, 0.25) is 15.9 Å². The fourth-order valence-electron chi connectivity index (χ4n) is 2.28. The summed E-state index contributed by atoms with van der Waals surface area (Å²) in [7, 11) is -3.75. The summed E-state index contributed by atoms with van der Waals surface area (Å²) >= 11 is 0. The fourth-order valence-corrected chi connectivity index (χ4v) is 3.72. The first-order chi connectivity index (χ1) is 11.9. The average Bonchev–Trinajstić information content (AvgIpc) is 2.62. The molecule has 2 N–H and O–H groups in total. The van der Waals surface area contributed by atoms with Crippen LogP contribution in [-0.2, 0) is 21.2 Å². The maximum atomic E-state index is 12.9. The SMILES string of the molecule is Cc1ccc(S(=O)(=O)N(CCC(=O)NO)CCc2ccccn2)cc1. The Morgan fingerprint density at radius 2 is 1.88 bits per heavy atom. The van der Waals surface area contributed by atoms with E-state index in [1.807, 2.05) is 19.1 Å². The van der Waals surface area contributed by atoms with Gasteiger partial charge in [0.25, 0.3) is 0 Å². The van der Waals surface area contributed by atoms with E-state index in [0.717, 1.165) is 11.3 Å². The number of amides is 1. The van der Waals surface area contributed by atoms with Crippen molar-refractivity contribution in [2.45, 2.75) is 24.7 Å². The van der Waals surface area contributed by atoms with Gasteiger partial charge in [0.1, 0.15) is 0 Å². The summed E-state index contributed by atoms with van der Waals surface area (Å²) < 4.78 is 27.0. The van der Waals surface area contributed by atoms with Crippen LogP contribution >= 0.6 is 0 Å². The molecule has 0 saturated heterocycles. The second-order valence-electron chi connectivity index (χ2n) is 5.57. The van der Waals surface area contributed by atoms with Gasteiger partial charge in [-0.15, -0.1) is 0 Å². The molecule has 0 saturated carbocycles. The van der Waals surface area contributed by atoms with Crippen LogP contribution in [0.2, 0.25) is 0 Å². The zero-order valence-electron chi connectivity index (χ0n) is 13.9. The van der Waals surface area contributed by atoms with Crippen molar-refractivity contribution in [1.82, 2.24) is 14.8 Å². The minimum atomic E-state index is -3.75. The lowest BCUT2D eigenvalue weighted by Crippen LogP contribution is -2.36. The molecule has 134 valence electrons. The normalized spacial score (nSPS) is 11.5. The third kappa shape index (κ3) is 5.35. The van der Waals surface area contributed by atoms with Crippen molar-refractivity contribution in [1.29, 1.82) is 0 Å². The molecule has 0 bridgehead atoms. The molecule has 0 radical (unpaired) electrons. The first-order valence-electron chi connectivity index (χ1n) is 7.83. The highest BCUT2D eigenvalue weighted by molar-refractivity contribution is 7.89. The van der Waals surface area contributed by atoms with Gasteiger partial charge in [0.15, 0.2) is 0 Å². The van der Waals surface area contributed by atoms with E-state index in [1.54, 1.807) is 36.5 Å². The van der Waals surface area contributed by atoms with E-state index in [4.69, 9.17) is 5.21 Å². The van der Waals surface area contributed by atoms with Gasteiger partial charge in [0.05, 0.1) is 4.90 Å². The monoisotopic (exact) mass is 363 g/mol. The molecule has 7 nitrogen and oxygen atoms in total. The Morgan fingerprint density at radius 1 is 1.16 bits per heavy atom. The smallest absolute Gasteiger partial charge is 0.244 e. The minimum absolute atomic E-state index is 0.0323. The number of nitrogens with zero attached hydrogens (tertiary/aromatic N) is 2. The summed E-state index contributed by atoms with van der Waals surface area (Å²) in [6.45, 7) is 2.03. The van der Waals surface area contributed by atoms with Crippen molar-refractivity contribution in [3.63, 3.8) is 0 Å². The Kier molecular flexibility index (Phi) is 6.63. The third-order valence-corrected chi connectivity index (χ3v) is 5.63. The number of sulfonamides is 1. The molecule has 0 aliphatic rings. The maximum absolute atomic E-state index is 12.9. The molecule has 25 heavy (non-hydrogen) atoms. The van der Waals surface area contributed by atoms with Gasteiger partial charge >= 0.3 is 0 Å². The lowest BCUT2D eigenvalue weighted by molar-refractivity contribution is -0.129. The largest absolute Gasteiger partial charge is 0.289 e. The predicted molar refractivity (Wildman–Crippen MR) is 92.4 cm³/mol. The van der Waals surface area contributed by atoms with Gasteiger partial charge in [-0.25, -0.2) is 13.9 Å². The number of carbonyl (C=O) groups excluding carboxylic acids is 1. The first kappa shape index (κ1) is 19.0. The van der Waals surface area contributed by atoms with E-state index in [1.165, 1.54) is 9.79 Å². The van der Waals surface area contributed by atoms with Crippen LogP contribution < -0.4 is 5.48 Å². The van der Waals surface area contributed by atoms with Gasteiger partial charge in [-0.1, -0.05) is 23.8 Å². The van der Waals surface area contributed by atoms with Crippen molar-refractivity contribution in [2.24, 2.45) is 0 Å². The van der Waals surface area contributed by atoms with E-state index < -0.39 is 15.9 Å². The number of carbonyl (C=O) groups is 1. The molecule has 0 atom stereocenters. The maximum Gasteiger partial charge on any atom is 0.244 e. The zero-order valence-corrected chi connectivity index (χ0v) is 14.7. The van der Waals surface area contributed by atoms with Gasteiger partial charge in [0, 0.05) is 37.8 Å². The molecule has 0 spiro atoms. The number of nitrogens with one attached hydrogen (secondary N) is 1. The molecular formula is C17H21N3O4S. The predicted octanol–water partition coefficient (Wildman–Crippen LogP) is 1.52. The summed E-state index contributed by atoms with van der Waals surface area (Å²) in [5.74, 6) is -0.637. The fraction of sp³-hybridized carbons (Fsp3) is 0.294. The van der Waals surface area contributed by atoms with Crippen LogP contribution in [0.5, 0.6) is 0 Å². The second-order valence-corrected chi connectivity index (χ2v) is 7.51. The first-order valence-corrected chi connectivity index (χ1v) is 9.27. The quantitative estimate of drug-likeness (QED) is 0.547. The molecule has 1 aromatic carbocycles. The Hall–Kier alpha value is -2.29. The van der Waals surface area contributed by atoms with Crippen LogP contribution in [-0.4, -0.2) is 41.9 Å². The number of hydrogen-bond donors (Lipinski definition) is 2. The summed E-state index contributed by atoms with van der Waals surface area (Å²) in [4.78, 5) is 15.7. The van der Waals surface area contributed by atoms with Crippen molar-refractivity contribution in [3.05, 3.63) is 59.9 Å². The Balaban J connectivity index is 2.19. The molecule has 0 aliphatic carbocycles. The molecule has 0 aliphatic heterocycles. The molecule has 2 rings (SSSR count). The van der Waals surface area contributed by atoms with Crippen LogP contribution in [0.25, 0.3) is 0 Å². The summed E-state index contributed by atoms with van der Waals surface area (Å²) in [5, 5.41) is 8.63. The van der Waals surface area contributed by atoms with Gasteiger partial charge < -0.3 is 0 Å². The van der Waals surface area contributed by atoms with E-state index in [-0.39, 0.29) is 24.4 Å². The van der Waals surface area contributed by atoms with E-state index in [2.05, 4.69) is 4.98 Å². The highest BCUT2D eigenvalue weighted by Gasteiger charge is 2.24. The van der Waals surface area contributed by atoms with E-state index >= 15 is 0 Å². The Bertz CT molecular complexity index is 792. The number of benzene rings is 1. The van der Waals surface area contributed by atoms with Gasteiger partial charge in [-0.3, -0.25) is 15.0 Å². The molecular weight excluding hydrogens is 342 g/mol. The van der Waals surface area contributed by atoms with Gasteiger partial charge in [-0.2, -0.15) is 4.31 Å². The molecule has 8 heteroatoms. The summed E-state index contributed by atoms with van der Waals surface area (Å²) in [5.41, 5.74) is 3.24. The van der Waals surface area contributed by atoms with Crippen molar-refractivity contribution in [2.75, 3.05) is 13.1 Å². The molecule has 1 heterocycles. The van der Waals surface area contributed by atoms with Gasteiger partial charge in [-0.05, 0) is 31.2 Å². The van der Waals surface area contributed by atoms with Crippen molar-refractivity contribution >= 4 is 15.9 Å². The van der Waals surface area contributed by atoms with Crippen LogP contribution in [0.3, 0.4) is 0 Å². The number of rotatable bonds is 8. The summed E-state index contributed by atoms with van der Waals surface area (Å²) in [6, 6.07) is 12.0. The Morgan fingerprint density at radius 3 is 2.48 bits per heavy atom. The molecule has 1 aromatic heterocycles. The van der Waals surface area contributed by atoms with Crippen LogP contribution in [0.15, 0.2) is 53.6 Å². The second kappa shape index (κ2) is 8.70. The van der Waals surface area contributed by atoms with Crippen molar-refractivity contribution < 1.29 is 18.4 Å². The molecule has 0 unspecified atom stereocenters. The molecule has 0 fully saturated rings. The average molecular weight is 363 g/mol. The van der Waals surface area contributed by atoms with Crippen LogP contribution in [0.4, 0.5) is 0 Å². The highest BCUT2D eigenvalue weighted by Crippen LogP contribution is 2.17. The van der Waals surface area contributed by atoms with E-state index in [9.17, 15) is 13.2 Å². The number of hydroxylamine groups is 1. The Labute approximate surface area is 147 Å². The summed E-state index contributed by atoms with van der Waals surface area (Å²) in [6.07, 6.45) is 1.93. The lowest BCUT2D eigenvalue weighted by atomic mass is 10.2. The van der Waals surface area contributed by atoms with Crippen LogP contribution in [0.1, 0.15) is 17.7 Å². The third-order valence-electron chi connectivity index (χ3n) is 3.72. The van der Waals surface area contributed by atoms with Crippen LogP contribution in [0, 0.1) is 6.92 Å². The topological polar surface area (TPSA) is 99.6 Å². The number of aromatic nitrogens is 1. The van der Waals surface area contributed by atoms with Crippen molar-refractivity contribution in [3.8, 4) is 0 Å². The highest BCUT2D eigenvalue weighted by atomic mass is 32.2. The lowest BCUT2D eigenvalue weighted by Gasteiger charge is -2.22. The van der Waals surface area contributed by atoms with E-state index in [0.29, 0.717) is 6.42 Å². The number of pyridine rings is 1. The molecule has 2 aromatic rings. The molecule has 1 amide bonds. The zero-order chi connectivity index (χ0) is 18.3.